The zero-order valence-corrected chi connectivity index (χ0v) is 15.3. The van der Waals surface area contributed by atoms with Crippen molar-refractivity contribution in [3.8, 4) is 0 Å². The fourth-order valence-electron chi connectivity index (χ4n) is 2.41. The number of rotatable bonds is 4. The number of benzene rings is 1. The number of amides is 1. The van der Waals surface area contributed by atoms with Crippen LogP contribution in [0.15, 0.2) is 29.6 Å². The second kappa shape index (κ2) is 6.87. The molecule has 4 nitrogen and oxygen atoms in total. The van der Waals surface area contributed by atoms with E-state index in [0.717, 1.165) is 21.6 Å². The first-order valence-electron chi connectivity index (χ1n) is 7.73. The highest BCUT2D eigenvalue weighted by Gasteiger charge is 2.13. The van der Waals surface area contributed by atoms with Crippen LogP contribution in [0.1, 0.15) is 46.5 Å². The van der Waals surface area contributed by atoms with Crippen molar-refractivity contribution in [1.82, 2.24) is 15.3 Å². The first kappa shape index (κ1) is 16.9. The number of hydrogen-bond donors (Lipinski definition) is 1. The molecule has 0 spiro atoms. The highest BCUT2D eigenvalue weighted by Crippen LogP contribution is 2.21. The maximum atomic E-state index is 12.5. The average Bonchev–Trinajstić information content (AvgIpc) is 3.01. The number of aryl methyl sites for hydroxylation is 1. The highest BCUT2D eigenvalue weighted by molar-refractivity contribution is 7.09. The molecule has 24 heavy (non-hydrogen) atoms. The molecule has 124 valence electrons. The maximum Gasteiger partial charge on any atom is 0.253 e. The fraction of sp³-hybridized carbons (Fsp3) is 0.278. The summed E-state index contributed by atoms with van der Waals surface area (Å²) in [7, 11) is 0. The molecule has 0 aliphatic rings. The van der Waals surface area contributed by atoms with E-state index in [1.807, 2.05) is 30.5 Å². The second-order valence-electron chi connectivity index (χ2n) is 5.97. The number of carbonyl (C=O) groups excluding carboxylic acids is 1. The molecule has 0 saturated carbocycles. The number of nitrogens with one attached hydrogen (secondary N) is 1. The summed E-state index contributed by atoms with van der Waals surface area (Å²) in [4.78, 5) is 21.5. The lowest BCUT2D eigenvalue weighted by atomic mass is 10.1. The Balaban J connectivity index is 1.78. The number of hydrogen-bond acceptors (Lipinski definition) is 4. The predicted molar refractivity (Wildman–Crippen MR) is 98.9 cm³/mol. The molecule has 1 N–H and O–H groups in total. The first-order valence-corrected chi connectivity index (χ1v) is 8.99. The van der Waals surface area contributed by atoms with Crippen LogP contribution in [-0.4, -0.2) is 15.9 Å². The van der Waals surface area contributed by atoms with E-state index in [2.05, 4.69) is 29.1 Å². The van der Waals surface area contributed by atoms with Gasteiger partial charge >= 0.3 is 0 Å². The number of thiazole rings is 1. The van der Waals surface area contributed by atoms with Gasteiger partial charge in [0, 0.05) is 21.7 Å². The molecule has 0 fully saturated rings. The van der Waals surface area contributed by atoms with Gasteiger partial charge in [0.2, 0.25) is 0 Å². The van der Waals surface area contributed by atoms with Crippen molar-refractivity contribution in [2.24, 2.45) is 0 Å². The van der Waals surface area contributed by atoms with E-state index in [9.17, 15) is 4.79 Å². The lowest BCUT2D eigenvalue weighted by Gasteiger charge is -2.08. The van der Waals surface area contributed by atoms with Crippen LogP contribution in [0.4, 0.5) is 0 Å². The number of aromatic nitrogens is 2. The number of fused-ring (bicyclic) bond motifs is 1. The molecule has 0 atom stereocenters. The van der Waals surface area contributed by atoms with E-state index in [1.54, 1.807) is 17.4 Å². The molecule has 3 rings (SSSR count). The standard InChI is InChI=1S/C18H18ClN3OS/c1-10(2)18-22-14(9-24-18)8-20-17(23)15-7-12-6-13(19)4-5-16(12)21-11(15)3/h4-7,9-10H,8H2,1-3H3,(H,20,23). The molecule has 0 unspecified atom stereocenters. The van der Waals surface area contributed by atoms with Gasteiger partial charge in [0.15, 0.2) is 0 Å². The van der Waals surface area contributed by atoms with Gasteiger partial charge in [0.25, 0.3) is 5.91 Å². The maximum absolute atomic E-state index is 12.5. The van der Waals surface area contributed by atoms with Crippen LogP contribution in [0.2, 0.25) is 5.02 Å². The Morgan fingerprint density at radius 2 is 2.08 bits per heavy atom. The van der Waals surface area contributed by atoms with Gasteiger partial charge in [0.1, 0.15) is 0 Å². The van der Waals surface area contributed by atoms with Crippen molar-refractivity contribution in [3.63, 3.8) is 0 Å². The van der Waals surface area contributed by atoms with Gasteiger partial charge in [-0.3, -0.25) is 9.78 Å². The lowest BCUT2D eigenvalue weighted by Crippen LogP contribution is -2.24. The van der Waals surface area contributed by atoms with Crippen LogP contribution < -0.4 is 5.32 Å². The first-order chi connectivity index (χ1) is 11.4. The summed E-state index contributed by atoms with van der Waals surface area (Å²) < 4.78 is 0. The van der Waals surface area contributed by atoms with Crippen LogP contribution in [0.3, 0.4) is 0 Å². The molecule has 0 radical (unpaired) electrons. The van der Waals surface area contributed by atoms with Crippen molar-refractivity contribution in [2.45, 2.75) is 33.2 Å². The normalized spacial score (nSPS) is 11.2. The third kappa shape index (κ3) is 3.57. The predicted octanol–water partition coefficient (Wildman–Crippen LogP) is 4.71. The summed E-state index contributed by atoms with van der Waals surface area (Å²) in [6.07, 6.45) is 0. The van der Waals surface area contributed by atoms with Gasteiger partial charge in [-0.1, -0.05) is 25.4 Å². The summed E-state index contributed by atoms with van der Waals surface area (Å²) in [5.74, 6) is 0.247. The molecule has 1 aromatic carbocycles. The van der Waals surface area contributed by atoms with Gasteiger partial charge < -0.3 is 5.32 Å². The van der Waals surface area contributed by atoms with Crippen molar-refractivity contribution in [2.75, 3.05) is 0 Å². The average molecular weight is 360 g/mol. The lowest BCUT2D eigenvalue weighted by molar-refractivity contribution is 0.0949. The van der Waals surface area contributed by atoms with Gasteiger partial charge in [-0.2, -0.15) is 0 Å². The minimum Gasteiger partial charge on any atom is -0.346 e. The number of pyridine rings is 1. The second-order valence-corrected chi connectivity index (χ2v) is 7.30. The SMILES string of the molecule is Cc1nc2ccc(Cl)cc2cc1C(=O)NCc1csc(C(C)C)n1. The zero-order chi connectivity index (χ0) is 17.3. The number of nitrogens with zero attached hydrogens (tertiary/aromatic N) is 2. The smallest absolute Gasteiger partial charge is 0.253 e. The van der Waals surface area contributed by atoms with E-state index >= 15 is 0 Å². The van der Waals surface area contributed by atoms with Crippen molar-refractivity contribution >= 4 is 39.7 Å². The van der Waals surface area contributed by atoms with Gasteiger partial charge in [0.05, 0.1) is 34.0 Å². The zero-order valence-electron chi connectivity index (χ0n) is 13.8. The molecule has 3 aromatic rings. The Hall–Kier alpha value is -1.98. The van der Waals surface area contributed by atoms with Crippen LogP contribution in [0, 0.1) is 6.92 Å². The number of carbonyl (C=O) groups is 1. The third-order valence-electron chi connectivity index (χ3n) is 3.71. The van der Waals surface area contributed by atoms with E-state index < -0.39 is 0 Å². The van der Waals surface area contributed by atoms with Gasteiger partial charge in [-0.25, -0.2) is 4.98 Å². The fourth-order valence-corrected chi connectivity index (χ4v) is 3.42. The van der Waals surface area contributed by atoms with Crippen LogP contribution >= 0.6 is 22.9 Å². The Labute approximate surface area is 149 Å². The summed E-state index contributed by atoms with van der Waals surface area (Å²) in [6, 6.07) is 7.30. The molecule has 1 amide bonds. The molecular formula is C18H18ClN3OS. The Morgan fingerprint density at radius 1 is 1.29 bits per heavy atom. The molecule has 6 heteroatoms. The monoisotopic (exact) mass is 359 g/mol. The summed E-state index contributed by atoms with van der Waals surface area (Å²) in [5, 5.41) is 7.47. The van der Waals surface area contributed by atoms with Gasteiger partial charge in [-0.15, -0.1) is 11.3 Å². The van der Waals surface area contributed by atoms with E-state index in [0.29, 0.717) is 28.7 Å². The highest BCUT2D eigenvalue weighted by atomic mass is 35.5. The van der Waals surface area contributed by atoms with Crippen molar-refractivity contribution < 1.29 is 4.79 Å². The minimum atomic E-state index is -0.152. The van der Waals surface area contributed by atoms with E-state index in [-0.39, 0.29) is 5.91 Å². The molecule has 0 saturated heterocycles. The van der Waals surface area contributed by atoms with Crippen molar-refractivity contribution in [1.29, 1.82) is 0 Å². The molecule has 0 aliphatic carbocycles. The topological polar surface area (TPSA) is 54.9 Å². The Kier molecular flexibility index (Phi) is 4.83. The van der Waals surface area contributed by atoms with Crippen LogP contribution in [-0.2, 0) is 6.54 Å². The Bertz CT molecular complexity index is 904. The van der Waals surface area contributed by atoms with Crippen molar-refractivity contribution in [3.05, 3.63) is 56.6 Å². The minimum absolute atomic E-state index is 0.152. The molecule has 2 aromatic heterocycles. The third-order valence-corrected chi connectivity index (χ3v) is 5.13. The van der Waals surface area contributed by atoms with Crippen LogP contribution in [0.25, 0.3) is 10.9 Å². The molecule has 0 aliphatic heterocycles. The number of halogens is 1. The summed E-state index contributed by atoms with van der Waals surface area (Å²) >= 11 is 7.65. The molecular weight excluding hydrogens is 342 g/mol. The van der Waals surface area contributed by atoms with Crippen LogP contribution in [0.5, 0.6) is 0 Å². The summed E-state index contributed by atoms with van der Waals surface area (Å²) in [6.45, 7) is 6.46. The quantitative estimate of drug-likeness (QED) is 0.734. The molecule has 2 heterocycles. The Morgan fingerprint density at radius 3 is 2.79 bits per heavy atom. The molecule has 0 bridgehead atoms. The summed E-state index contributed by atoms with van der Waals surface area (Å²) in [5.41, 5.74) is 2.97. The van der Waals surface area contributed by atoms with Gasteiger partial charge in [-0.05, 0) is 31.2 Å². The van der Waals surface area contributed by atoms with E-state index in [4.69, 9.17) is 11.6 Å². The largest absolute Gasteiger partial charge is 0.346 e. The van der Waals surface area contributed by atoms with E-state index in [1.165, 1.54) is 0 Å².